The van der Waals surface area contributed by atoms with E-state index in [9.17, 15) is 0 Å². The minimum atomic E-state index is 0.150. The molecule has 7 heteroatoms. The average Bonchev–Trinajstić information content (AvgIpc) is 2.85. The summed E-state index contributed by atoms with van der Waals surface area (Å²) in [6.07, 6.45) is 1.54. The first-order chi connectivity index (χ1) is 9.22. The Morgan fingerprint density at radius 3 is 2.79 bits per heavy atom. The molecule has 0 aliphatic rings. The maximum absolute atomic E-state index is 5.68. The number of H-pyrrole nitrogens is 1. The third kappa shape index (κ3) is 2.60. The Labute approximate surface area is 122 Å². The van der Waals surface area contributed by atoms with Gasteiger partial charge in [0.25, 0.3) is 0 Å². The maximum atomic E-state index is 5.68. The summed E-state index contributed by atoms with van der Waals surface area (Å²) >= 11 is 2.26. The first kappa shape index (κ1) is 12.2. The number of anilines is 1. The molecule has 0 atom stereocenters. The molecule has 96 valence electrons. The van der Waals surface area contributed by atoms with E-state index < -0.39 is 0 Å². The summed E-state index contributed by atoms with van der Waals surface area (Å²) in [6, 6.07) is 8.08. The number of hydrogen-bond acceptors (Lipinski definition) is 5. The lowest BCUT2D eigenvalue weighted by molar-refractivity contribution is 0.297. The third-order valence-electron chi connectivity index (χ3n) is 2.56. The van der Waals surface area contributed by atoms with Crippen LogP contribution in [0.5, 0.6) is 5.88 Å². The van der Waals surface area contributed by atoms with Crippen LogP contribution in [0.2, 0.25) is 0 Å². The van der Waals surface area contributed by atoms with Gasteiger partial charge < -0.3 is 15.5 Å². The number of nitrogen functional groups attached to an aromatic ring is 1. The molecule has 0 bridgehead atoms. The molecular weight excluding hydrogens is 361 g/mol. The average molecular weight is 371 g/mol. The van der Waals surface area contributed by atoms with Gasteiger partial charge in [-0.05, 0) is 40.3 Å². The maximum Gasteiger partial charge on any atom is 0.245 e. The number of nitrogens with one attached hydrogen (secondary N) is 1. The Bertz CT molecular complexity index is 710. The molecule has 2 aromatic heterocycles. The standard InChI is InChI=1S/C12H10IN5O/c13-8-3-1-7(2-4-8)5-19-11-9-10(16-6-15-9)17-12(14)18-11/h1-4,6H,5H2,(H3,14,15,16,17,18)/i13+4. The lowest BCUT2D eigenvalue weighted by atomic mass is 10.2. The van der Waals surface area contributed by atoms with Crippen molar-refractivity contribution in [1.29, 1.82) is 0 Å². The summed E-state index contributed by atoms with van der Waals surface area (Å²) < 4.78 is 6.86. The Morgan fingerprint density at radius 1 is 1.21 bits per heavy atom. The van der Waals surface area contributed by atoms with E-state index in [0.717, 1.165) is 5.56 Å². The zero-order valence-electron chi connectivity index (χ0n) is 9.80. The van der Waals surface area contributed by atoms with Crippen molar-refractivity contribution < 1.29 is 4.74 Å². The quantitative estimate of drug-likeness (QED) is 0.689. The molecule has 0 aliphatic heterocycles. The van der Waals surface area contributed by atoms with E-state index >= 15 is 0 Å². The minimum absolute atomic E-state index is 0.150. The molecule has 0 amide bonds. The highest BCUT2D eigenvalue weighted by Gasteiger charge is 2.09. The van der Waals surface area contributed by atoms with Crippen LogP contribution in [-0.4, -0.2) is 19.9 Å². The predicted octanol–water partition coefficient (Wildman–Crippen LogP) is 2.12. The van der Waals surface area contributed by atoms with Gasteiger partial charge in [-0.3, -0.25) is 0 Å². The first-order valence-electron chi connectivity index (χ1n) is 5.56. The summed E-state index contributed by atoms with van der Waals surface area (Å²) in [5.74, 6) is 0.566. The fourth-order valence-corrected chi connectivity index (χ4v) is 2.02. The Morgan fingerprint density at radius 2 is 2.00 bits per heavy atom. The van der Waals surface area contributed by atoms with E-state index in [1.807, 2.05) is 24.3 Å². The highest BCUT2D eigenvalue weighted by molar-refractivity contribution is 14.1. The number of aromatic nitrogens is 4. The number of hydrogen-bond donors (Lipinski definition) is 2. The van der Waals surface area contributed by atoms with E-state index in [1.165, 1.54) is 9.90 Å². The van der Waals surface area contributed by atoms with Gasteiger partial charge in [0, 0.05) is 3.57 Å². The van der Waals surface area contributed by atoms with Crippen LogP contribution in [0, 0.1) is 3.57 Å². The van der Waals surface area contributed by atoms with Gasteiger partial charge in [-0.15, -0.1) is 0 Å². The van der Waals surface area contributed by atoms with E-state index in [2.05, 4.69) is 42.5 Å². The first-order valence-corrected chi connectivity index (χ1v) is 6.64. The minimum Gasteiger partial charge on any atom is -0.471 e. The molecule has 0 saturated carbocycles. The van der Waals surface area contributed by atoms with E-state index in [-0.39, 0.29) is 5.95 Å². The van der Waals surface area contributed by atoms with Crippen molar-refractivity contribution in [2.24, 2.45) is 0 Å². The fourth-order valence-electron chi connectivity index (χ4n) is 1.66. The number of benzene rings is 1. The van der Waals surface area contributed by atoms with Gasteiger partial charge in [0.2, 0.25) is 11.8 Å². The second-order valence-corrected chi connectivity index (χ2v) is 5.15. The van der Waals surface area contributed by atoms with E-state index in [1.54, 1.807) is 0 Å². The molecule has 3 N–H and O–H groups in total. The van der Waals surface area contributed by atoms with Gasteiger partial charge in [-0.1, -0.05) is 12.1 Å². The largest absolute Gasteiger partial charge is 0.471 e. The van der Waals surface area contributed by atoms with Gasteiger partial charge >= 0.3 is 0 Å². The molecular formula is C12H10IN5O. The highest BCUT2D eigenvalue weighted by Crippen LogP contribution is 2.20. The second kappa shape index (κ2) is 5.00. The van der Waals surface area contributed by atoms with Gasteiger partial charge in [0.05, 0.1) is 6.33 Å². The van der Waals surface area contributed by atoms with Crippen molar-refractivity contribution in [3.63, 3.8) is 0 Å². The molecule has 0 aliphatic carbocycles. The van der Waals surface area contributed by atoms with Crippen LogP contribution >= 0.6 is 22.6 Å². The van der Waals surface area contributed by atoms with E-state index in [4.69, 9.17) is 10.5 Å². The van der Waals surface area contributed by atoms with Crippen LogP contribution in [0.3, 0.4) is 0 Å². The molecule has 0 unspecified atom stereocenters. The highest BCUT2D eigenvalue weighted by atomic mass is 131. The molecule has 19 heavy (non-hydrogen) atoms. The topological polar surface area (TPSA) is 89.7 Å². The van der Waals surface area contributed by atoms with Crippen molar-refractivity contribution in [3.8, 4) is 5.88 Å². The molecule has 0 radical (unpaired) electrons. The number of rotatable bonds is 3. The number of fused-ring (bicyclic) bond motifs is 1. The normalized spacial score (nSPS) is 10.8. The fraction of sp³-hybridized carbons (Fsp3) is 0.0833. The van der Waals surface area contributed by atoms with Crippen LogP contribution in [0.4, 0.5) is 5.95 Å². The lowest BCUT2D eigenvalue weighted by Crippen LogP contribution is -2.02. The summed E-state index contributed by atoms with van der Waals surface area (Å²) in [6.45, 7) is 0.418. The summed E-state index contributed by atoms with van der Waals surface area (Å²) in [5, 5.41) is 0. The molecule has 2 heterocycles. The van der Waals surface area contributed by atoms with Gasteiger partial charge in [0.15, 0.2) is 5.65 Å². The number of ether oxygens (including phenoxy) is 1. The molecule has 3 aromatic rings. The zero-order valence-corrected chi connectivity index (χ0v) is 12.0. The van der Waals surface area contributed by atoms with Crippen molar-refractivity contribution in [1.82, 2.24) is 19.9 Å². The lowest BCUT2D eigenvalue weighted by Gasteiger charge is -2.06. The van der Waals surface area contributed by atoms with Crippen molar-refractivity contribution in [2.75, 3.05) is 5.73 Å². The van der Waals surface area contributed by atoms with Crippen LogP contribution in [-0.2, 0) is 6.61 Å². The van der Waals surface area contributed by atoms with Crippen LogP contribution < -0.4 is 10.5 Å². The number of halogens is 1. The monoisotopic (exact) mass is 371 g/mol. The smallest absolute Gasteiger partial charge is 0.245 e. The van der Waals surface area contributed by atoms with Crippen LogP contribution in [0.1, 0.15) is 5.56 Å². The number of nitrogens with two attached hydrogens (primary N) is 1. The third-order valence-corrected chi connectivity index (χ3v) is 3.28. The van der Waals surface area contributed by atoms with Gasteiger partial charge in [0.1, 0.15) is 12.1 Å². The second-order valence-electron chi connectivity index (χ2n) is 3.90. The van der Waals surface area contributed by atoms with Gasteiger partial charge in [-0.25, -0.2) is 4.98 Å². The van der Waals surface area contributed by atoms with Crippen molar-refractivity contribution in [2.45, 2.75) is 6.61 Å². The molecule has 1 aromatic carbocycles. The summed E-state index contributed by atoms with van der Waals surface area (Å²) in [4.78, 5) is 15.1. The SMILES string of the molecule is Nc1nc(OCc2ccc([131I])cc2)c2[nH]cnc2n1. The van der Waals surface area contributed by atoms with Crippen LogP contribution in [0.15, 0.2) is 30.6 Å². The molecule has 6 nitrogen and oxygen atoms in total. The molecule has 0 saturated heterocycles. The van der Waals surface area contributed by atoms with Crippen molar-refractivity contribution in [3.05, 3.63) is 39.7 Å². The summed E-state index contributed by atoms with van der Waals surface area (Å²) in [7, 11) is 0. The zero-order chi connectivity index (χ0) is 13.2. The summed E-state index contributed by atoms with van der Waals surface area (Å²) in [5.41, 5.74) is 7.83. The molecule has 0 fully saturated rings. The molecule has 0 spiro atoms. The molecule has 3 rings (SSSR count). The number of nitrogens with zero attached hydrogens (tertiary/aromatic N) is 3. The van der Waals surface area contributed by atoms with Gasteiger partial charge in [-0.2, -0.15) is 9.97 Å². The Kier molecular flexibility index (Phi) is 3.20. The van der Waals surface area contributed by atoms with E-state index in [0.29, 0.717) is 23.7 Å². The van der Waals surface area contributed by atoms with Crippen LogP contribution in [0.25, 0.3) is 11.2 Å². The van der Waals surface area contributed by atoms with Crippen molar-refractivity contribution >= 4 is 39.7 Å². The Balaban J connectivity index is 1.85. The Hall–Kier alpha value is -1.90. The number of aromatic amines is 1. The number of imidazole rings is 1. The predicted molar refractivity (Wildman–Crippen MR) is 79.6 cm³/mol.